The van der Waals surface area contributed by atoms with Gasteiger partial charge in [0.15, 0.2) is 9.84 Å². The van der Waals surface area contributed by atoms with Crippen molar-refractivity contribution in [2.24, 2.45) is 0 Å². The summed E-state index contributed by atoms with van der Waals surface area (Å²) in [5.41, 5.74) is 1.64. The first-order valence-electron chi connectivity index (χ1n) is 10.3. The predicted molar refractivity (Wildman–Crippen MR) is 119 cm³/mol. The predicted octanol–water partition coefficient (Wildman–Crippen LogP) is 2.82. The maximum atomic E-state index is 13.0. The van der Waals surface area contributed by atoms with Crippen molar-refractivity contribution in [3.05, 3.63) is 52.4 Å². The van der Waals surface area contributed by atoms with E-state index in [9.17, 15) is 13.2 Å². The van der Waals surface area contributed by atoms with E-state index >= 15 is 0 Å². The average Bonchev–Trinajstić information content (AvgIpc) is 3.17. The zero-order valence-corrected chi connectivity index (χ0v) is 18.6. The second kappa shape index (κ2) is 7.83. The maximum Gasteiger partial charge on any atom is 0.344 e. The lowest BCUT2D eigenvalue weighted by Crippen LogP contribution is -2.41. The molecule has 9 heteroatoms. The second-order valence-corrected chi connectivity index (χ2v) is 10.3. The molecule has 0 spiro atoms. The van der Waals surface area contributed by atoms with Gasteiger partial charge in [0.25, 0.3) is 0 Å². The van der Waals surface area contributed by atoms with Gasteiger partial charge in [0.05, 0.1) is 36.9 Å². The minimum Gasteiger partial charge on any atom is -0.497 e. The van der Waals surface area contributed by atoms with Crippen LogP contribution in [0.1, 0.15) is 12.0 Å². The molecule has 0 unspecified atom stereocenters. The highest BCUT2D eigenvalue weighted by atomic mass is 32.2. The number of methoxy groups -OCH3 is 2. The SMILES string of the molecule is COc1ccc(OC)c(-c2cc3ccc4c(c3oc2=O)CN([C@@H]2CCS(=O)(=O)C2)CO4)c1. The molecule has 0 saturated carbocycles. The highest BCUT2D eigenvalue weighted by Crippen LogP contribution is 2.37. The number of hydrogen-bond donors (Lipinski definition) is 0. The Morgan fingerprint density at radius 1 is 1.06 bits per heavy atom. The molecule has 32 heavy (non-hydrogen) atoms. The van der Waals surface area contributed by atoms with Crippen LogP contribution >= 0.6 is 0 Å². The van der Waals surface area contributed by atoms with Crippen LogP contribution in [0.25, 0.3) is 22.1 Å². The summed E-state index contributed by atoms with van der Waals surface area (Å²) < 4.78 is 46.2. The van der Waals surface area contributed by atoms with E-state index < -0.39 is 15.5 Å². The van der Waals surface area contributed by atoms with Crippen LogP contribution in [0, 0.1) is 0 Å². The van der Waals surface area contributed by atoms with Crippen LogP contribution in [0.5, 0.6) is 17.2 Å². The van der Waals surface area contributed by atoms with Crippen LogP contribution in [0.2, 0.25) is 0 Å². The summed E-state index contributed by atoms with van der Waals surface area (Å²) in [6.07, 6.45) is 0.579. The smallest absolute Gasteiger partial charge is 0.344 e. The number of nitrogens with zero attached hydrogens (tertiary/aromatic N) is 1. The number of benzene rings is 2. The summed E-state index contributed by atoms with van der Waals surface area (Å²) in [7, 11) is 0.0860. The van der Waals surface area contributed by atoms with Crippen molar-refractivity contribution < 1.29 is 27.0 Å². The number of sulfone groups is 1. The third kappa shape index (κ3) is 3.61. The van der Waals surface area contributed by atoms with Gasteiger partial charge in [0, 0.05) is 23.5 Å². The summed E-state index contributed by atoms with van der Waals surface area (Å²) in [5, 5.41) is 0.743. The quantitative estimate of drug-likeness (QED) is 0.552. The van der Waals surface area contributed by atoms with Crippen molar-refractivity contribution in [3.63, 3.8) is 0 Å². The first-order chi connectivity index (χ1) is 15.4. The minimum atomic E-state index is -3.01. The largest absolute Gasteiger partial charge is 0.497 e. The van der Waals surface area contributed by atoms with Crippen LogP contribution in [-0.4, -0.2) is 51.8 Å². The van der Waals surface area contributed by atoms with Crippen molar-refractivity contribution >= 4 is 20.8 Å². The van der Waals surface area contributed by atoms with Gasteiger partial charge in [-0.1, -0.05) is 0 Å². The number of rotatable bonds is 4. The fourth-order valence-electron chi connectivity index (χ4n) is 4.42. The zero-order valence-electron chi connectivity index (χ0n) is 17.8. The molecule has 0 amide bonds. The molecule has 0 radical (unpaired) electrons. The normalized spacial score (nSPS) is 20.0. The zero-order chi connectivity index (χ0) is 22.5. The van der Waals surface area contributed by atoms with Gasteiger partial charge < -0.3 is 18.6 Å². The minimum absolute atomic E-state index is 0.101. The van der Waals surface area contributed by atoms with Crippen LogP contribution in [0.3, 0.4) is 0 Å². The average molecular weight is 458 g/mol. The van der Waals surface area contributed by atoms with Crippen molar-refractivity contribution in [1.82, 2.24) is 4.90 Å². The lowest BCUT2D eigenvalue weighted by atomic mass is 10.0. The van der Waals surface area contributed by atoms with Crippen molar-refractivity contribution in [2.75, 3.05) is 32.5 Å². The van der Waals surface area contributed by atoms with Gasteiger partial charge in [-0.25, -0.2) is 13.2 Å². The molecule has 5 rings (SSSR count). The second-order valence-electron chi connectivity index (χ2n) is 8.05. The highest BCUT2D eigenvalue weighted by Gasteiger charge is 2.35. The van der Waals surface area contributed by atoms with Crippen molar-refractivity contribution in [1.29, 1.82) is 0 Å². The van der Waals surface area contributed by atoms with Crippen LogP contribution in [0.15, 0.2) is 45.6 Å². The maximum absolute atomic E-state index is 13.0. The molecule has 2 aliphatic heterocycles. The molecule has 0 N–H and O–H groups in total. The summed E-state index contributed by atoms with van der Waals surface area (Å²) in [4.78, 5) is 15.0. The van der Waals surface area contributed by atoms with Gasteiger partial charge in [-0.3, -0.25) is 4.90 Å². The van der Waals surface area contributed by atoms with Crippen LogP contribution < -0.4 is 19.8 Å². The lowest BCUT2D eigenvalue weighted by Gasteiger charge is -2.33. The van der Waals surface area contributed by atoms with Crippen LogP contribution in [-0.2, 0) is 16.4 Å². The van der Waals surface area contributed by atoms with Gasteiger partial charge in [0.2, 0.25) is 0 Å². The molecule has 1 aromatic heterocycles. The third-order valence-electron chi connectivity index (χ3n) is 6.13. The van der Waals surface area contributed by atoms with E-state index in [0.717, 1.165) is 10.9 Å². The molecule has 1 atom stereocenters. The fourth-order valence-corrected chi connectivity index (χ4v) is 6.18. The molecule has 168 valence electrons. The van der Waals surface area contributed by atoms with Gasteiger partial charge in [-0.2, -0.15) is 0 Å². The van der Waals surface area contributed by atoms with E-state index in [1.165, 1.54) is 0 Å². The van der Waals surface area contributed by atoms with E-state index in [1.54, 1.807) is 38.5 Å². The monoisotopic (exact) mass is 457 g/mol. The summed E-state index contributed by atoms with van der Waals surface area (Å²) >= 11 is 0. The molecular weight excluding hydrogens is 434 g/mol. The van der Waals surface area contributed by atoms with Gasteiger partial charge in [-0.15, -0.1) is 0 Å². The van der Waals surface area contributed by atoms with Crippen LogP contribution in [0.4, 0.5) is 0 Å². The standard InChI is InChI=1S/C23H23NO7S/c1-28-16-4-6-20(29-2)17(10-16)18-9-14-3-5-21-19(22(14)31-23(18)25)11-24(13-30-21)15-7-8-32(26,27)12-15/h3-6,9-10,15H,7-8,11-13H2,1-2H3/t15-/m1/s1. The first-order valence-corrected chi connectivity index (χ1v) is 12.1. The van der Waals surface area contributed by atoms with E-state index in [-0.39, 0.29) is 17.5 Å². The van der Waals surface area contributed by atoms with E-state index in [0.29, 0.717) is 53.7 Å². The molecule has 0 aliphatic carbocycles. The Bertz CT molecular complexity index is 1360. The van der Waals surface area contributed by atoms with Gasteiger partial charge >= 0.3 is 5.63 Å². The Kier molecular flexibility index (Phi) is 5.10. The Balaban J connectivity index is 1.57. The molecule has 2 aromatic carbocycles. The van der Waals surface area contributed by atoms with Gasteiger partial charge in [-0.05, 0) is 42.8 Å². The molecular formula is C23H23NO7S. The summed E-state index contributed by atoms with van der Waals surface area (Å²) in [6, 6.07) is 10.6. The topological polar surface area (TPSA) is 95.3 Å². The Hall–Kier alpha value is -3.04. The summed E-state index contributed by atoms with van der Waals surface area (Å²) in [5.74, 6) is 2.09. The Labute approximate surface area is 185 Å². The molecule has 0 bridgehead atoms. The van der Waals surface area contributed by atoms with E-state index in [4.69, 9.17) is 18.6 Å². The van der Waals surface area contributed by atoms with Gasteiger partial charge in [0.1, 0.15) is 29.6 Å². The van der Waals surface area contributed by atoms with Crippen molar-refractivity contribution in [2.45, 2.75) is 19.0 Å². The van der Waals surface area contributed by atoms with E-state index in [2.05, 4.69) is 0 Å². The molecule has 2 aliphatic rings. The number of hydrogen-bond acceptors (Lipinski definition) is 8. The molecule has 3 heterocycles. The molecule has 3 aromatic rings. The molecule has 8 nitrogen and oxygen atoms in total. The molecule has 1 saturated heterocycles. The fraction of sp³-hybridized carbons (Fsp3) is 0.348. The summed E-state index contributed by atoms with van der Waals surface area (Å²) in [6.45, 7) is 0.764. The van der Waals surface area contributed by atoms with E-state index in [1.807, 2.05) is 17.0 Å². The highest BCUT2D eigenvalue weighted by molar-refractivity contribution is 7.91. The lowest BCUT2D eigenvalue weighted by molar-refractivity contribution is 0.0649. The Morgan fingerprint density at radius 3 is 2.62 bits per heavy atom. The first kappa shape index (κ1) is 20.8. The van der Waals surface area contributed by atoms with Crippen molar-refractivity contribution in [3.8, 4) is 28.4 Å². The third-order valence-corrected chi connectivity index (χ3v) is 7.88. The molecule has 1 fully saturated rings. The Morgan fingerprint density at radius 2 is 1.91 bits per heavy atom. The number of ether oxygens (including phenoxy) is 3. The number of fused-ring (bicyclic) bond motifs is 3.